The van der Waals surface area contributed by atoms with E-state index in [0.29, 0.717) is 12.8 Å². The maximum atomic E-state index is 13.0. The molecule has 0 saturated heterocycles. The number of benzene rings is 1. The quantitative estimate of drug-likeness (QED) is 0.842. The summed E-state index contributed by atoms with van der Waals surface area (Å²) in [6.07, 6.45) is -2.48. The molecule has 21 heavy (non-hydrogen) atoms. The second kappa shape index (κ2) is 6.36. The first-order valence-electron chi connectivity index (χ1n) is 6.64. The first-order chi connectivity index (χ1) is 9.79. The SMILES string of the molecule is O=C(N[C@H]1CCCC[C@@H]1O)c1ccc(Br)cc1C(F)(F)F. The Kier molecular flexibility index (Phi) is 4.93. The summed E-state index contributed by atoms with van der Waals surface area (Å²) in [5, 5.41) is 12.3. The fourth-order valence-corrected chi connectivity index (χ4v) is 2.84. The van der Waals surface area contributed by atoms with Gasteiger partial charge in [-0.15, -0.1) is 0 Å². The van der Waals surface area contributed by atoms with Crippen LogP contribution >= 0.6 is 15.9 Å². The van der Waals surface area contributed by atoms with E-state index in [2.05, 4.69) is 21.2 Å². The molecule has 1 saturated carbocycles. The Bertz CT molecular complexity index is 533. The highest BCUT2D eigenvalue weighted by Gasteiger charge is 2.36. The summed E-state index contributed by atoms with van der Waals surface area (Å²) in [6.45, 7) is 0. The van der Waals surface area contributed by atoms with E-state index < -0.39 is 35.4 Å². The maximum Gasteiger partial charge on any atom is 0.417 e. The normalized spacial score (nSPS) is 22.9. The van der Waals surface area contributed by atoms with Gasteiger partial charge < -0.3 is 10.4 Å². The minimum absolute atomic E-state index is 0.254. The topological polar surface area (TPSA) is 49.3 Å². The molecular formula is C14H15BrF3NO2. The van der Waals surface area contributed by atoms with E-state index in [9.17, 15) is 23.1 Å². The number of hydrogen-bond donors (Lipinski definition) is 2. The van der Waals surface area contributed by atoms with Gasteiger partial charge in [-0.2, -0.15) is 13.2 Å². The molecule has 0 bridgehead atoms. The number of aliphatic hydroxyl groups excluding tert-OH is 1. The van der Waals surface area contributed by atoms with Crippen molar-refractivity contribution in [2.45, 2.75) is 44.0 Å². The van der Waals surface area contributed by atoms with Crippen LogP contribution in [0.1, 0.15) is 41.6 Å². The molecule has 1 fully saturated rings. The number of carbonyl (C=O) groups excluding carboxylic acids is 1. The third-order valence-electron chi connectivity index (χ3n) is 3.58. The summed E-state index contributed by atoms with van der Waals surface area (Å²) in [5.41, 5.74) is -1.41. The van der Waals surface area contributed by atoms with Crippen LogP contribution < -0.4 is 5.32 Å². The largest absolute Gasteiger partial charge is 0.417 e. The fraction of sp³-hybridized carbons (Fsp3) is 0.500. The van der Waals surface area contributed by atoms with Gasteiger partial charge in [-0.05, 0) is 31.0 Å². The van der Waals surface area contributed by atoms with Crippen molar-refractivity contribution >= 4 is 21.8 Å². The zero-order chi connectivity index (χ0) is 15.6. The molecule has 0 aliphatic heterocycles. The minimum Gasteiger partial charge on any atom is -0.391 e. The van der Waals surface area contributed by atoms with Gasteiger partial charge in [0, 0.05) is 4.47 Å². The van der Waals surface area contributed by atoms with Crippen molar-refractivity contribution in [2.75, 3.05) is 0 Å². The first kappa shape index (κ1) is 16.3. The monoisotopic (exact) mass is 365 g/mol. The lowest BCUT2D eigenvalue weighted by Gasteiger charge is -2.28. The molecule has 1 aliphatic carbocycles. The van der Waals surface area contributed by atoms with Gasteiger partial charge in [0.1, 0.15) is 0 Å². The van der Waals surface area contributed by atoms with Gasteiger partial charge >= 0.3 is 6.18 Å². The molecule has 1 amide bonds. The molecule has 0 heterocycles. The Balaban J connectivity index is 2.23. The molecule has 2 N–H and O–H groups in total. The minimum atomic E-state index is -4.61. The van der Waals surface area contributed by atoms with Crippen molar-refractivity contribution in [3.05, 3.63) is 33.8 Å². The van der Waals surface area contributed by atoms with E-state index in [4.69, 9.17) is 0 Å². The zero-order valence-electron chi connectivity index (χ0n) is 11.1. The van der Waals surface area contributed by atoms with E-state index in [1.807, 2.05) is 0 Å². The van der Waals surface area contributed by atoms with Gasteiger partial charge in [0.15, 0.2) is 0 Å². The Morgan fingerprint density at radius 1 is 1.29 bits per heavy atom. The van der Waals surface area contributed by atoms with Crippen LogP contribution in [-0.2, 0) is 6.18 Å². The van der Waals surface area contributed by atoms with Crippen molar-refractivity contribution in [1.82, 2.24) is 5.32 Å². The number of alkyl halides is 3. The van der Waals surface area contributed by atoms with Crippen LogP contribution in [-0.4, -0.2) is 23.2 Å². The highest BCUT2D eigenvalue weighted by Crippen LogP contribution is 2.34. The van der Waals surface area contributed by atoms with Crippen LogP contribution in [0.2, 0.25) is 0 Å². The van der Waals surface area contributed by atoms with Crippen LogP contribution in [0, 0.1) is 0 Å². The van der Waals surface area contributed by atoms with Gasteiger partial charge in [0.2, 0.25) is 0 Å². The van der Waals surface area contributed by atoms with Crippen molar-refractivity contribution in [3.63, 3.8) is 0 Å². The Labute approximate surface area is 128 Å². The predicted octanol–water partition coefficient (Wildman–Crippen LogP) is 3.50. The zero-order valence-corrected chi connectivity index (χ0v) is 12.7. The molecule has 0 radical (unpaired) electrons. The van der Waals surface area contributed by atoms with Gasteiger partial charge in [-0.25, -0.2) is 0 Å². The Morgan fingerprint density at radius 2 is 1.95 bits per heavy atom. The molecule has 0 spiro atoms. The van der Waals surface area contributed by atoms with E-state index >= 15 is 0 Å². The van der Waals surface area contributed by atoms with Gasteiger partial charge in [0.25, 0.3) is 5.91 Å². The van der Waals surface area contributed by atoms with E-state index in [-0.39, 0.29) is 4.47 Å². The van der Waals surface area contributed by atoms with E-state index in [1.165, 1.54) is 6.07 Å². The number of hydrogen-bond acceptors (Lipinski definition) is 2. The lowest BCUT2D eigenvalue weighted by Crippen LogP contribution is -2.45. The number of carbonyl (C=O) groups is 1. The molecule has 2 rings (SSSR count). The average molecular weight is 366 g/mol. The second-order valence-electron chi connectivity index (χ2n) is 5.12. The maximum absolute atomic E-state index is 13.0. The summed E-state index contributed by atoms with van der Waals surface area (Å²) >= 11 is 2.97. The van der Waals surface area contributed by atoms with Crippen molar-refractivity contribution in [1.29, 1.82) is 0 Å². The third-order valence-corrected chi connectivity index (χ3v) is 4.07. The van der Waals surface area contributed by atoms with Crippen LogP contribution in [0.3, 0.4) is 0 Å². The highest BCUT2D eigenvalue weighted by molar-refractivity contribution is 9.10. The highest BCUT2D eigenvalue weighted by atomic mass is 79.9. The fourth-order valence-electron chi connectivity index (χ4n) is 2.47. The molecule has 1 aromatic carbocycles. The number of nitrogens with one attached hydrogen (secondary N) is 1. The standard InChI is InChI=1S/C14H15BrF3NO2/c15-8-5-6-9(10(7-8)14(16,17)18)13(21)19-11-3-1-2-4-12(11)20/h5-7,11-12,20H,1-4H2,(H,19,21)/t11-,12-/m0/s1. The Morgan fingerprint density at radius 3 is 2.57 bits per heavy atom. The van der Waals surface area contributed by atoms with Gasteiger partial charge in [0.05, 0.1) is 23.3 Å². The van der Waals surface area contributed by atoms with Crippen LogP contribution in [0.25, 0.3) is 0 Å². The Hall–Kier alpha value is -1.08. The summed E-state index contributed by atoms with van der Waals surface area (Å²) < 4.78 is 39.2. The van der Waals surface area contributed by atoms with Crippen molar-refractivity contribution < 1.29 is 23.1 Å². The van der Waals surface area contributed by atoms with Crippen molar-refractivity contribution in [2.24, 2.45) is 0 Å². The predicted molar refractivity (Wildman–Crippen MR) is 74.9 cm³/mol. The number of rotatable bonds is 2. The number of aliphatic hydroxyl groups is 1. The molecule has 0 unspecified atom stereocenters. The first-order valence-corrected chi connectivity index (χ1v) is 7.44. The molecule has 0 aromatic heterocycles. The molecular weight excluding hydrogens is 351 g/mol. The number of amides is 1. The van der Waals surface area contributed by atoms with Gasteiger partial charge in [-0.1, -0.05) is 28.8 Å². The molecule has 116 valence electrons. The van der Waals surface area contributed by atoms with Crippen molar-refractivity contribution in [3.8, 4) is 0 Å². The molecule has 1 aromatic rings. The smallest absolute Gasteiger partial charge is 0.391 e. The summed E-state index contributed by atoms with van der Waals surface area (Å²) in [5.74, 6) is -0.805. The summed E-state index contributed by atoms with van der Waals surface area (Å²) in [4.78, 5) is 12.1. The van der Waals surface area contributed by atoms with E-state index in [0.717, 1.165) is 25.0 Å². The lowest BCUT2D eigenvalue weighted by molar-refractivity contribution is -0.138. The third kappa shape index (κ3) is 3.97. The van der Waals surface area contributed by atoms with E-state index in [1.54, 1.807) is 0 Å². The van der Waals surface area contributed by atoms with Crippen LogP contribution in [0.5, 0.6) is 0 Å². The summed E-state index contributed by atoms with van der Waals surface area (Å²) in [7, 11) is 0. The molecule has 1 aliphatic rings. The second-order valence-corrected chi connectivity index (χ2v) is 6.04. The van der Waals surface area contributed by atoms with Gasteiger partial charge in [-0.3, -0.25) is 4.79 Å². The molecule has 7 heteroatoms. The lowest BCUT2D eigenvalue weighted by atomic mass is 9.92. The summed E-state index contributed by atoms with van der Waals surface area (Å²) in [6, 6.07) is 2.92. The molecule has 2 atom stereocenters. The number of halogens is 4. The van der Waals surface area contributed by atoms with Crippen LogP contribution in [0.15, 0.2) is 22.7 Å². The average Bonchev–Trinajstić information content (AvgIpc) is 2.40. The molecule has 3 nitrogen and oxygen atoms in total. The van der Waals surface area contributed by atoms with Crippen LogP contribution in [0.4, 0.5) is 13.2 Å².